The number of aryl methyl sites for hydroxylation is 1. The second-order valence-electron chi connectivity index (χ2n) is 3.92. The maximum atomic E-state index is 11.9. The number of aromatic nitrogens is 1. The van der Waals surface area contributed by atoms with Crippen molar-refractivity contribution >= 4 is 28.6 Å². The molecule has 2 rings (SSSR count). The Morgan fingerprint density at radius 2 is 2.29 bits per heavy atom. The number of carbonyl (C=O) groups excluding carboxylic acids is 1. The summed E-state index contributed by atoms with van der Waals surface area (Å²) in [5, 5.41) is 7.05. The maximum Gasteiger partial charge on any atom is 0.228 e. The summed E-state index contributed by atoms with van der Waals surface area (Å²) in [4.78, 5) is 18.0. The predicted octanol–water partition coefficient (Wildman–Crippen LogP) is 2.71. The van der Waals surface area contributed by atoms with E-state index in [4.69, 9.17) is 0 Å². The highest BCUT2D eigenvalue weighted by Gasteiger charge is 2.12. The van der Waals surface area contributed by atoms with Gasteiger partial charge in [0.05, 0.1) is 17.1 Å². The van der Waals surface area contributed by atoms with Crippen molar-refractivity contribution in [2.45, 2.75) is 19.9 Å². The Hall–Kier alpha value is -1.20. The fourth-order valence-electron chi connectivity index (χ4n) is 1.52. The molecule has 0 unspecified atom stereocenters. The molecule has 2 aromatic rings. The molecule has 0 fully saturated rings. The highest BCUT2D eigenvalue weighted by atomic mass is 32.1. The number of thiophene rings is 1. The van der Waals surface area contributed by atoms with Crippen molar-refractivity contribution in [3.05, 3.63) is 38.5 Å². The molecule has 0 aliphatic rings. The SMILES string of the molecule is Cc1nc(CC(=O)N(C)Cc2ccsc2)cs1. The van der Waals surface area contributed by atoms with E-state index < -0.39 is 0 Å². The maximum absolute atomic E-state index is 11.9. The molecule has 90 valence electrons. The number of likely N-dealkylation sites (N-methyl/N-ethyl adjacent to an activating group) is 1. The zero-order chi connectivity index (χ0) is 12.3. The first-order valence-electron chi connectivity index (χ1n) is 5.31. The first kappa shape index (κ1) is 12.3. The van der Waals surface area contributed by atoms with Crippen LogP contribution >= 0.6 is 22.7 Å². The van der Waals surface area contributed by atoms with E-state index >= 15 is 0 Å². The molecular weight excluding hydrogens is 252 g/mol. The molecule has 0 radical (unpaired) electrons. The Bertz CT molecular complexity index is 490. The summed E-state index contributed by atoms with van der Waals surface area (Å²) < 4.78 is 0. The van der Waals surface area contributed by atoms with E-state index in [1.165, 1.54) is 5.56 Å². The smallest absolute Gasteiger partial charge is 0.228 e. The fourth-order valence-corrected chi connectivity index (χ4v) is 2.80. The number of rotatable bonds is 4. The van der Waals surface area contributed by atoms with Gasteiger partial charge in [-0.1, -0.05) is 0 Å². The lowest BCUT2D eigenvalue weighted by molar-refractivity contribution is -0.129. The zero-order valence-corrected chi connectivity index (χ0v) is 11.5. The van der Waals surface area contributed by atoms with Crippen LogP contribution in [0.2, 0.25) is 0 Å². The second-order valence-corrected chi connectivity index (χ2v) is 5.76. The summed E-state index contributed by atoms with van der Waals surface area (Å²) in [7, 11) is 1.83. The third kappa shape index (κ3) is 3.38. The molecule has 0 atom stereocenters. The van der Waals surface area contributed by atoms with Crippen molar-refractivity contribution in [3.8, 4) is 0 Å². The quantitative estimate of drug-likeness (QED) is 0.852. The van der Waals surface area contributed by atoms with Crippen LogP contribution in [0.25, 0.3) is 0 Å². The minimum Gasteiger partial charge on any atom is -0.341 e. The predicted molar refractivity (Wildman–Crippen MR) is 71.3 cm³/mol. The lowest BCUT2D eigenvalue weighted by Gasteiger charge is -2.15. The fraction of sp³-hybridized carbons (Fsp3) is 0.333. The number of hydrogen-bond acceptors (Lipinski definition) is 4. The van der Waals surface area contributed by atoms with Gasteiger partial charge in [0.2, 0.25) is 5.91 Å². The molecule has 3 nitrogen and oxygen atoms in total. The molecule has 0 aliphatic carbocycles. The molecule has 2 heterocycles. The minimum atomic E-state index is 0.113. The van der Waals surface area contributed by atoms with Crippen LogP contribution in [0, 0.1) is 6.92 Å². The molecule has 2 aromatic heterocycles. The van der Waals surface area contributed by atoms with E-state index in [9.17, 15) is 4.79 Å². The average molecular weight is 266 g/mol. The molecule has 0 saturated heterocycles. The molecular formula is C12H14N2OS2. The molecule has 0 aromatic carbocycles. The standard InChI is InChI=1S/C12H14N2OS2/c1-9-13-11(8-17-9)5-12(15)14(2)6-10-3-4-16-7-10/h3-4,7-8H,5-6H2,1-2H3. The van der Waals surface area contributed by atoms with Gasteiger partial charge in [-0.25, -0.2) is 4.98 Å². The number of carbonyl (C=O) groups is 1. The third-order valence-corrected chi connectivity index (χ3v) is 3.98. The van der Waals surface area contributed by atoms with E-state index in [0.29, 0.717) is 13.0 Å². The van der Waals surface area contributed by atoms with Crippen molar-refractivity contribution in [1.82, 2.24) is 9.88 Å². The number of thiazole rings is 1. The Morgan fingerprint density at radius 3 is 2.88 bits per heavy atom. The van der Waals surface area contributed by atoms with Gasteiger partial charge in [-0.15, -0.1) is 11.3 Å². The minimum absolute atomic E-state index is 0.113. The van der Waals surface area contributed by atoms with Crippen LogP contribution in [0.5, 0.6) is 0 Å². The van der Waals surface area contributed by atoms with Crippen LogP contribution in [0.4, 0.5) is 0 Å². The van der Waals surface area contributed by atoms with Gasteiger partial charge in [0, 0.05) is 19.0 Å². The van der Waals surface area contributed by atoms with E-state index in [0.717, 1.165) is 10.7 Å². The summed E-state index contributed by atoms with van der Waals surface area (Å²) in [6, 6.07) is 2.04. The van der Waals surface area contributed by atoms with Gasteiger partial charge >= 0.3 is 0 Å². The van der Waals surface area contributed by atoms with Crippen LogP contribution in [0.1, 0.15) is 16.3 Å². The molecule has 0 aliphatic heterocycles. The van der Waals surface area contributed by atoms with Gasteiger partial charge in [-0.3, -0.25) is 4.79 Å². The van der Waals surface area contributed by atoms with Crippen LogP contribution in [0.3, 0.4) is 0 Å². The number of hydrogen-bond donors (Lipinski definition) is 0. The monoisotopic (exact) mass is 266 g/mol. The lowest BCUT2D eigenvalue weighted by Crippen LogP contribution is -2.27. The Labute approximate surface area is 109 Å². The third-order valence-electron chi connectivity index (χ3n) is 2.42. The lowest BCUT2D eigenvalue weighted by atomic mass is 10.2. The summed E-state index contributed by atoms with van der Waals surface area (Å²) in [6.07, 6.45) is 0.394. The van der Waals surface area contributed by atoms with Gasteiger partial charge in [0.25, 0.3) is 0 Å². The Kier molecular flexibility index (Phi) is 3.91. The van der Waals surface area contributed by atoms with Gasteiger partial charge in [-0.05, 0) is 29.3 Å². The van der Waals surface area contributed by atoms with Crippen LogP contribution in [-0.2, 0) is 17.8 Å². The second kappa shape index (κ2) is 5.42. The first-order chi connectivity index (χ1) is 8.15. The van der Waals surface area contributed by atoms with E-state index in [2.05, 4.69) is 10.4 Å². The van der Waals surface area contributed by atoms with Gasteiger partial charge < -0.3 is 4.90 Å². The molecule has 5 heteroatoms. The summed E-state index contributed by atoms with van der Waals surface area (Å²) in [6.45, 7) is 2.62. The van der Waals surface area contributed by atoms with Crippen LogP contribution in [-0.4, -0.2) is 22.8 Å². The van der Waals surface area contributed by atoms with E-state index in [1.807, 2.05) is 30.8 Å². The summed E-state index contributed by atoms with van der Waals surface area (Å²) in [5.74, 6) is 0.113. The largest absolute Gasteiger partial charge is 0.341 e. The van der Waals surface area contributed by atoms with Crippen LogP contribution in [0.15, 0.2) is 22.2 Å². The van der Waals surface area contributed by atoms with Crippen molar-refractivity contribution in [2.75, 3.05) is 7.05 Å². The molecule has 0 bridgehead atoms. The normalized spacial score (nSPS) is 10.5. The van der Waals surface area contributed by atoms with Gasteiger partial charge in [0.1, 0.15) is 0 Å². The highest BCUT2D eigenvalue weighted by Crippen LogP contribution is 2.12. The summed E-state index contributed by atoms with van der Waals surface area (Å²) >= 11 is 3.24. The zero-order valence-electron chi connectivity index (χ0n) is 9.84. The molecule has 0 N–H and O–H groups in total. The topological polar surface area (TPSA) is 33.2 Å². The number of amides is 1. The van der Waals surface area contributed by atoms with Gasteiger partial charge in [-0.2, -0.15) is 11.3 Å². The van der Waals surface area contributed by atoms with Crippen molar-refractivity contribution in [2.24, 2.45) is 0 Å². The highest BCUT2D eigenvalue weighted by molar-refractivity contribution is 7.09. The summed E-state index contributed by atoms with van der Waals surface area (Å²) in [5.41, 5.74) is 2.05. The van der Waals surface area contributed by atoms with Crippen molar-refractivity contribution < 1.29 is 4.79 Å². The van der Waals surface area contributed by atoms with E-state index in [-0.39, 0.29) is 5.91 Å². The average Bonchev–Trinajstić information content (AvgIpc) is 2.90. The Balaban J connectivity index is 1.91. The Morgan fingerprint density at radius 1 is 1.47 bits per heavy atom. The number of nitrogens with zero attached hydrogens (tertiary/aromatic N) is 2. The molecule has 17 heavy (non-hydrogen) atoms. The molecule has 0 spiro atoms. The van der Waals surface area contributed by atoms with Crippen molar-refractivity contribution in [3.63, 3.8) is 0 Å². The van der Waals surface area contributed by atoms with E-state index in [1.54, 1.807) is 27.6 Å². The van der Waals surface area contributed by atoms with Gasteiger partial charge in [0.15, 0.2) is 0 Å². The molecule has 1 amide bonds. The molecule has 0 saturated carbocycles. The van der Waals surface area contributed by atoms with Crippen molar-refractivity contribution in [1.29, 1.82) is 0 Å². The van der Waals surface area contributed by atoms with Crippen LogP contribution < -0.4 is 0 Å². The first-order valence-corrected chi connectivity index (χ1v) is 7.13.